The van der Waals surface area contributed by atoms with Crippen LogP contribution in [0.2, 0.25) is 0 Å². The van der Waals surface area contributed by atoms with Crippen LogP contribution >= 0.6 is 0 Å². The van der Waals surface area contributed by atoms with Crippen LogP contribution < -0.4 is 10.1 Å². The summed E-state index contributed by atoms with van der Waals surface area (Å²) in [5.41, 5.74) is 1.24. The molecule has 3 aliphatic rings. The highest BCUT2D eigenvalue weighted by molar-refractivity contribution is 5.96. The molecule has 0 bridgehead atoms. The lowest BCUT2D eigenvalue weighted by Gasteiger charge is -2.33. The van der Waals surface area contributed by atoms with Gasteiger partial charge in [-0.15, -0.1) is 0 Å². The van der Waals surface area contributed by atoms with Crippen LogP contribution in [0.15, 0.2) is 59.6 Å². The minimum Gasteiger partial charge on any atom is -0.484 e. The first-order chi connectivity index (χ1) is 12.9. The molecule has 134 valence electrons. The molecule has 0 spiro atoms. The Bertz CT molecular complexity index is 848. The van der Waals surface area contributed by atoms with Crippen molar-refractivity contribution in [1.29, 1.82) is 0 Å². The predicted octanol–water partition coefficient (Wildman–Crippen LogP) is 3.24. The number of hydrogen-bond acceptors (Lipinski definition) is 4. The number of nitrogens with one attached hydrogen (secondary N) is 1. The number of nitrogens with zero attached hydrogens (tertiary/aromatic N) is 2. The third kappa shape index (κ3) is 2.93. The second-order valence-electron chi connectivity index (χ2n) is 7.41. The molecule has 4 heteroatoms. The second-order valence-corrected chi connectivity index (χ2v) is 7.41. The van der Waals surface area contributed by atoms with Crippen LogP contribution in [0.5, 0.6) is 5.75 Å². The Hall–Kier alpha value is -2.17. The quantitative estimate of drug-likeness (QED) is 0.866. The fourth-order valence-electron chi connectivity index (χ4n) is 4.39. The lowest BCUT2D eigenvalue weighted by Crippen LogP contribution is -2.48. The van der Waals surface area contributed by atoms with Gasteiger partial charge < -0.3 is 10.1 Å². The summed E-state index contributed by atoms with van der Waals surface area (Å²) in [6.45, 7) is 4.22. The second kappa shape index (κ2) is 6.86. The number of benzene rings is 2. The summed E-state index contributed by atoms with van der Waals surface area (Å²) in [5.74, 6) is 1.43. The normalized spacial score (nSPS) is 28.8. The van der Waals surface area contributed by atoms with Crippen molar-refractivity contribution in [2.45, 2.75) is 25.1 Å². The van der Waals surface area contributed by atoms with E-state index in [9.17, 15) is 0 Å². The van der Waals surface area contributed by atoms with Crippen molar-refractivity contribution in [1.82, 2.24) is 10.2 Å². The Morgan fingerprint density at radius 2 is 1.81 bits per heavy atom. The maximum atomic E-state index is 6.50. The van der Waals surface area contributed by atoms with Gasteiger partial charge in [-0.05, 0) is 30.4 Å². The lowest BCUT2D eigenvalue weighted by atomic mass is 10.0. The highest BCUT2D eigenvalue weighted by Gasteiger charge is 2.36. The highest BCUT2D eigenvalue weighted by atomic mass is 16.5. The zero-order valence-electron chi connectivity index (χ0n) is 15.0. The molecular weight excluding hydrogens is 322 g/mol. The van der Waals surface area contributed by atoms with Crippen LogP contribution in [0.3, 0.4) is 0 Å². The molecule has 1 N–H and O–H groups in total. The lowest BCUT2D eigenvalue weighted by molar-refractivity contribution is 0.203. The van der Waals surface area contributed by atoms with Gasteiger partial charge in [-0.25, -0.2) is 0 Å². The van der Waals surface area contributed by atoms with Crippen LogP contribution in [0.4, 0.5) is 0 Å². The van der Waals surface area contributed by atoms with Crippen molar-refractivity contribution in [3.63, 3.8) is 0 Å². The molecular formula is C22H25N3O. The van der Waals surface area contributed by atoms with E-state index in [0.717, 1.165) is 44.8 Å². The number of ether oxygens (including phenoxy) is 1. The summed E-state index contributed by atoms with van der Waals surface area (Å²) in [7, 11) is 0. The van der Waals surface area contributed by atoms with Gasteiger partial charge in [0.25, 0.3) is 0 Å². The van der Waals surface area contributed by atoms with Gasteiger partial charge in [0.05, 0.1) is 5.71 Å². The Morgan fingerprint density at radius 3 is 2.73 bits per heavy atom. The Balaban J connectivity index is 1.40. The Kier molecular flexibility index (Phi) is 4.23. The van der Waals surface area contributed by atoms with E-state index in [0.29, 0.717) is 5.92 Å². The molecule has 1 aliphatic carbocycles. The number of hydrogen-bond donors (Lipinski definition) is 1. The molecule has 1 saturated carbocycles. The van der Waals surface area contributed by atoms with E-state index < -0.39 is 0 Å². The summed E-state index contributed by atoms with van der Waals surface area (Å²) in [6, 6.07) is 14.7. The van der Waals surface area contributed by atoms with Crippen LogP contribution in [0.25, 0.3) is 10.8 Å². The predicted molar refractivity (Wildman–Crippen MR) is 106 cm³/mol. The number of dihydropyridines is 1. The van der Waals surface area contributed by atoms with Crippen molar-refractivity contribution in [3.05, 3.63) is 54.6 Å². The molecule has 4 nitrogen and oxygen atoms in total. The van der Waals surface area contributed by atoms with Gasteiger partial charge in [0, 0.05) is 37.5 Å². The summed E-state index contributed by atoms with van der Waals surface area (Å²) in [5, 5.41) is 5.83. The first-order valence-electron chi connectivity index (χ1n) is 9.73. The fraction of sp³-hybridized carbons (Fsp3) is 0.409. The van der Waals surface area contributed by atoms with Gasteiger partial charge in [-0.3, -0.25) is 9.89 Å². The Morgan fingerprint density at radius 1 is 0.962 bits per heavy atom. The molecule has 2 heterocycles. The van der Waals surface area contributed by atoms with Gasteiger partial charge in [0.15, 0.2) is 0 Å². The van der Waals surface area contributed by atoms with Gasteiger partial charge in [-0.2, -0.15) is 0 Å². The molecule has 26 heavy (non-hydrogen) atoms. The third-order valence-corrected chi connectivity index (χ3v) is 5.79. The standard InChI is InChI=1S/C22H25N3O/c1-2-6-18-16(4-1)5-3-7-19(18)26-20-10-8-17-9-11-21(24-22(17)20)25-14-12-23-13-15-25/h1-7,9,11,17,20-21,23H,8,10,12-15H2/t17?,20-,21?/m0/s1. The molecule has 2 aromatic rings. The average Bonchev–Trinajstić information content (AvgIpc) is 3.11. The largest absolute Gasteiger partial charge is 0.484 e. The number of allylic oxidation sites excluding steroid dienone is 1. The van der Waals surface area contributed by atoms with Crippen molar-refractivity contribution < 1.29 is 4.74 Å². The first-order valence-corrected chi connectivity index (χ1v) is 9.73. The molecule has 0 amide bonds. The van der Waals surface area contributed by atoms with Crippen molar-refractivity contribution in [3.8, 4) is 5.75 Å². The smallest absolute Gasteiger partial charge is 0.137 e. The van der Waals surface area contributed by atoms with Gasteiger partial charge in [0.2, 0.25) is 0 Å². The molecule has 1 saturated heterocycles. The van der Waals surface area contributed by atoms with Crippen LogP contribution in [0, 0.1) is 5.92 Å². The SMILES string of the molecule is C1=CC(N2CCNCC2)N=C2C1CC[C@@H]2Oc1cccc2ccccc12. The molecule has 3 atom stereocenters. The molecule has 2 aromatic carbocycles. The van der Waals surface area contributed by atoms with Crippen LogP contribution in [0.1, 0.15) is 12.8 Å². The molecule has 2 fully saturated rings. The zero-order valence-corrected chi connectivity index (χ0v) is 15.0. The maximum Gasteiger partial charge on any atom is 0.137 e. The average molecular weight is 347 g/mol. The van der Waals surface area contributed by atoms with Gasteiger partial charge in [-0.1, -0.05) is 42.5 Å². The minimum atomic E-state index is 0.0983. The van der Waals surface area contributed by atoms with E-state index in [2.05, 4.69) is 64.8 Å². The van der Waals surface area contributed by atoms with Gasteiger partial charge >= 0.3 is 0 Å². The minimum absolute atomic E-state index is 0.0983. The van der Waals surface area contributed by atoms with E-state index in [1.165, 1.54) is 16.5 Å². The van der Waals surface area contributed by atoms with Crippen LogP contribution in [-0.2, 0) is 0 Å². The molecule has 2 unspecified atom stereocenters. The molecule has 2 aliphatic heterocycles. The maximum absolute atomic E-state index is 6.50. The third-order valence-electron chi connectivity index (χ3n) is 5.79. The summed E-state index contributed by atoms with van der Waals surface area (Å²) >= 11 is 0. The molecule has 0 aromatic heterocycles. The van der Waals surface area contributed by atoms with E-state index in [4.69, 9.17) is 9.73 Å². The summed E-state index contributed by atoms with van der Waals surface area (Å²) < 4.78 is 6.50. The summed E-state index contributed by atoms with van der Waals surface area (Å²) in [4.78, 5) is 7.59. The summed E-state index contributed by atoms with van der Waals surface area (Å²) in [6.07, 6.45) is 7.12. The van der Waals surface area contributed by atoms with Gasteiger partial charge in [0.1, 0.15) is 18.0 Å². The van der Waals surface area contributed by atoms with Crippen molar-refractivity contribution in [2.75, 3.05) is 26.2 Å². The molecule has 0 radical (unpaired) electrons. The number of piperazine rings is 1. The topological polar surface area (TPSA) is 36.9 Å². The Labute approximate surface area is 154 Å². The van der Waals surface area contributed by atoms with E-state index in [1.54, 1.807) is 0 Å². The number of aliphatic imine (C=N–C) groups is 1. The van der Waals surface area contributed by atoms with Crippen molar-refractivity contribution in [2.24, 2.45) is 10.9 Å². The van der Waals surface area contributed by atoms with E-state index >= 15 is 0 Å². The fourth-order valence-corrected chi connectivity index (χ4v) is 4.39. The first kappa shape index (κ1) is 16.0. The van der Waals surface area contributed by atoms with E-state index in [1.807, 2.05) is 0 Å². The molecule has 5 rings (SSSR count). The number of fused-ring (bicyclic) bond motifs is 2. The van der Waals surface area contributed by atoms with E-state index in [-0.39, 0.29) is 12.3 Å². The zero-order chi connectivity index (χ0) is 17.3. The highest BCUT2D eigenvalue weighted by Crippen LogP contribution is 2.34. The number of rotatable bonds is 3. The monoisotopic (exact) mass is 347 g/mol. The van der Waals surface area contributed by atoms with Crippen LogP contribution in [-0.4, -0.2) is 49.1 Å². The van der Waals surface area contributed by atoms with Crippen molar-refractivity contribution >= 4 is 16.5 Å².